The van der Waals surface area contributed by atoms with Crippen LogP contribution in [0.15, 0.2) is 24.3 Å². The minimum atomic E-state index is -0.698. The molecule has 1 aromatic carbocycles. The Hall–Kier alpha value is -1.50. The minimum Gasteiger partial charge on any atom is -0.492 e. The summed E-state index contributed by atoms with van der Waals surface area (Å²) in [6.07, 6.45) is -0.698. The molecule has 7 heteroatoms. The van der Waals surface area contributed by atoms with Crippen LogP contribution in [0.1, 0.15) is 0 Å². The average Bonchev–Trinajstić information content (AvgIpc) is 2.45. The second-order valence-corrected chi connectivity index (χ2v) is 4.96. The molecule has 118 valence electrons. The fourth-order valence-corrected chi connectivity index (χ4v) is 1.76. The van der Waals surface area contributed by atoms with Crippen LogP contribution >= 0.6 is 11.6 Å². The summed E-state index contributed by atoms with van der Waals surface area (Å²) in [5.74, 6) is 0.692. The Kier molecular flexibility index (Phi) is 7.89. The number of methoxy groups -OCH3 is 1. The van der Waals surface area contributed by atoms with Gasteiger partial charge in [-0.3, -0.25) is 0 Å². The molecule has 2 N–H and O–H groups in total. The summed E-state index contributed by atoms with van der Waals surface area (Å²) in [7, 11) is 3.10. The molecule has 0 spiro atoms. The van der Waals surface area contributed by atoms with Gasteiger partial charge in [0, 0.05) is 19.2 Å². The van der Waals surface area contributed by atoms with Gasteiger partial charge in [-0.15, -0.1) is 0 Å². The van der Waals surface area contributed by atoms with E-state index in [1.165, 1.54) is 12.0 Å². The van der Waals surface area contributed by atoms with Gasteiger partial charge in [-0.25, -0.2) is 4.79 Å². The molecule has 1 atom stereocenters. The molecule has 0 fully saturated rings. The summed E-state index contributed by atoms with van der Waals surface area (Å²) in [4.78, 5) is 13.1. The van der Waals surface area contributed by atoms with Crippen LogP contribution in [0, 0.1) is 0 Å². The number of hydrogen-bond acceptors (Lipinski definition) is 4. The van der Waals surface area contributed by atoms with Crippen molar-refractivity contribution >= 4 is 17.6 Å². The number of benzene rings is 1. The number of hydrogen-bond donors (Lipinski definition) is 2. The molecule has 0 unspecified atom stereocenters. The van der Waals surface area contributed by atoms with E-state index in [1.807, 2.05) is 0 Å². The second-order valence-electron chi connectivity index (χ2n) is 4.52. The summed E-state index contributed by atoms with van der Waals surface area (Å²) in [5.41, 5.74) is 0. The molecule has 21 heavy (non-hydrogen) atoms. The third-order valence-corrected chi connectivity index (χ3v) is 2.90. The Morgan fingerprint density at radius 1 is 1.43 bits per heavy atom. The van der Waals surface area contributed by atoms with Gasteiger partial charge in [-0.2, -0.15) is 0 Å². The Labute approximate surface area is 129 Å². The highest BCUT2D eigenvalue weighted by atomic mass is 35.5. The van der Waals surface area contributed by atoms with Crippen LogP contribution in [-0.4, -0.2) is 62.6 Å². The van der Waals surface area contributed by atoms with E-state index in [2.05, 4.69) is 5.32 Å². The molecule has 0 saturated carbocycles. The molecule has 2 amide bonds. The second kappa shape index (κ2) is 9.44. The molecule has 1 aromatic rings. The average molecular weight is 317 g/mol. The third-order valence-electron chi connectivity index (χ3n) is 2.65. The highest BCUT2D eigenvalue weighted by Crippen LogP contribution is 2.15. The lowest BCUT2D eigenvalue weighted by Crippen LogP contribution is -2.43. The van der Waals surface area contributed by atoms with Crippen molar-refractivity contribution < 1.29 is 19.4 Å². The lowest BCUT2D eigenvalue weighted by atomic mass is 10.3. The van der Waals surface area contributed by atoms with Crippen LogP contribution in [0.4, 0.5) is 4.79 Å². The Balaban J connectivity index is 2.19. The number of halogens is 1. The first-order valence-corrected chi connectivity index (χ1v) is 6.95. The van der Waals surface area contributed by atoms with Crippen LogP contribution in [0.3, 0.4) is 0 Å². The molecular formula is C14H21ClN2O4. The first-order chi connectivity index (χ1) is 10.0. The zero-order valence-corrected chi connectivity index (χ0v) is 13.0. The maximum absolute atomic E-state index is 11.7. The van der Waals surface area contributed by atoms with Crippen molar-refractivity contribution in [3.8, 4) is 5.75 Å². The van der Waals surface area contributed by atoms with Crippen molar-refractivity contribution in [1.82, 2.24) is 10.2 Å². The number of aliphatic hydroxyl groups excluding tert-OH is 1. The van der Waals surface area contributed by atoms with Gasteiger partial charge in [0.15, 0.2) is 0 Å². The highest BCUT2D eigenvalue weighted by molar-refractivity contribution is 6.30. The lowest BCUT2D eigenvalue weighted by Gasteiger charge is -2.20. The highest BCUT2D eigenvalue weighted by Gasteiger charge is 2.12. The van der Waals surface area contributed by atoms with Crippen molar-refractivity contribution in [2.24, 2.45) is 0 Å². The molecular weight excluding hydrogens is 296 g/mol. The quantitative estimate of drug-likeness (QED) is 0.711. The van der Waals surface area contributed by atoms with E-state index in [1.54, 1.807) is 31.3 Å². The molecule has 0 aliphatic carbocycles. The number of nitrogens with one attached hydrogen (secondary N) is 1. The van der Waals surface area contributed by atoms with Gasteiger partial charge in [-0.1, -0.05) is 11.6 Å². The van der Waals surface area contributed by atoms with Crippen molar-refractivity contribution in [3.63, 3.8) is 0 Å². The number of ether oxygens (including phenoxy) is 2. The molecule has 0 bridgehead atoms. The van der Waals surface area contributed by atoms with Gasteiger partial charge in [0.05, 0.1) is 25.8 Å². The largest absolute Gasteiger partial charge is 0.492 e. The Morgan fingerprint density at radius 2 is 2.10 bits per heavy atom. The van der Waals surface area contributed by atoms with Crippen molar-refractivity contribution in [1.29, 1.82) is 0 Å². The molecule has 0 aromatic heterocycles. The molecule has 0 saturated heterocycles. The molecule has 0 aliphatic rings. The first-order valence-electron chi connectivity index (χ1n) is 6.57. The molecule has 0 radical (unpaired) electrons. The predicted molar refractivity (Wildman–Crippen MR) is 80.9 cm³/mol. The van der Waals surface area contributed by atoms with E-state index in [0.717, 1.165) is 0 Å². The number of carbonyl (C=O) groups is 1. The number of urea groups is 1. The summed E-state index contributed by atoms with van der Waals surface area (Å²) in [6, 6.07) is 6.72. The zero-order chi connectivity index (χ0) is 15.7. The molecule has 0 heterocycles. The summed E-state index contributed by atoms with van der Waals surface area (Å²) < 4.78 is 10.3. The van der Waals surface area contributed by atoms with E-state index in [-0.39, 0.29) is 19.2 Å². The van der Waals surface area contributed by atoms with Gasteiger partial charge in [0.1, 0.15) is 12.4 Å². The topological polar surface area (TPSA) is 71.0 Å². The lowest BCUT2D eigenvalue weighted by molar-refractivity contribution is 0.0489. The van der Waals surface area contributed by atoms with Gasteiger partial charge >= 0.3 is 6.03 Å². The van der Waals surface area contributed by atoms with Crippen LogP contribution in [-0.2, 0) is 4.74 Å². The molecule has 0 aliphatic heterocycles. The van der Waals surface area contributed by atoms with Crippen molar-refractivity contribution in [3.05, 3.63) is 29.3 Å². The standard InChI is InChI=1S/C14H21ClN2O4/c1-17(9-12(18)10-20-2)14(19)16-7-8-21-13-5-3-11(15)4-6-13/h3-6,12,18H,7-10H2,1-2H3,(H,16,19)/t12-/m0/s1. The summed E-state index contributed by atoms with van der Waals surface area (Å²) >= 11 is 5.77. The van der Waals surface area contributed by atoms with E-state index in [9.17, 15) is 9.90 Å². The summed E-state index contributed by atoms with van der Waals surface area (Å²) in [5, 5.41) is 12.9. The number of carbonyl (C=O) groups excluding carboxylic acids is 1. The maximum Gasteiger partial charge on any atom is 0.317 e. The van der Waals surface area contributed by atoms with Gasteiger partial charge in [0.25, 0.3) is 0 Å². The number of nitrogens with zero attached hydrogens (tertiary/aromatic N) is 1. The van der Waals surface area contributed by atoms with Gasteiger partial charge in [-0.05, 0) is 24.3 Å². The Morgan fingerprint density at radius 3 is 2.71 bits per heavy atom. The number of rotatable bonds is 8. The number of likely N-dealkylation sites (N-methyl/N-ethyl adjacent to an activating group) is 1. The molecule has 1 rings (SSSR count). The monoisotopic (exact) mass is 316 g/mol. The fraction of sp³-hybridized carbons (Fsp3) is 0.500. The van der Waals surface area contributed by atoms with Crippen LogP contribution in [0.25, 0.3) is 0 Å². The summed E-state index contributed by atoms with van der Waals surface area (Å²) in [6.45, 7) is 1.11. The van der Waals surface area contributed by atoms with Crippen LogP contribution in [0.5, 0.6) is 5.75 Å². The first kappa shape index (κ1) is 17.6. The van der Waals surface area contributed by atoms with Crippen molar-refractivity contribution in [2.75, 3.05) is 40.5 Å². The van der Waals surface area contributed by atoms with Crippen LogP contribution in [0.2, 0.25) is 5.02 Å². The Bertz CT molecular complexity index is 427. The number of aliphatic hydroxyl groups is 1. The van der Waals surface area contributed by atoms with E-state index >= 15 is 0 Å². The van der Waals surface area contributed by atoms with Crippen LogP contribution < -0.4 is 10.1 Å². The van der Waals surface area contributed by atoms with E-state index in [4.69, 9.17) is 21.1 Å². The maximum atomic E-state index is 11.7. The zero-order valence-electron chi connectivity index (χ0n) is 12.2. The molecule has 6 nitrogen and oxygen atoms in total. The van der Waals surface area contributed by atoms with E-state index in [0.29, 0.717) is 23.9 Å². The smallest absolute Gasteiger partial charge is 0.317 e. The normalized spacial score (nSPS) is 11.8. The van der Waals surface area contributed by atoms with Crippen molar-refractivity contribution in [2.45, 2.75) is 6.10 Å². The predicted octanol–water partition coefficient (Wildman–Crippen LogP) is 1.37. The van der Waals surface area contributed by atoms with E-state index < -0.39 is 6.10 Å². The number of amides is 2. The fourth-order valence-electron chi connectivity index (χ4n) is 1.64. The van der Waals surface area contributed by atoms with Gasteiger partial charge < -0.3 is 24.8 Å². The SMILES string of the molecule is COC[C@@H](O)CN(C)C(=O)NCCOc1ccc(Cl)cc1. The third kappa shape index (κ3) is 7.17. The minimum absolute atomic E-state index is 0.192. The van der Waals surface area contributed by atoms with Gasteiger partial charge in [0.2, 0.25) is 0 Å².